The van der Waals surface area contributed by atoms with E-state index in [0.29, 0.717) is 4.75 Å². The van der Waals surface area contributed by atoms with Crippen molar-refractivity contribution in [2.75, 3.05) is 32.4 Å². The lowest BCUT2D eigenvalue weighted by molar-refractivity contribution is 0.620. The Labute approximate surface area is 93.6 Å². The maximum Gasteiger partial charge on any atom is 0.00766 e. The molecule has 0 aliphatic heterocycles. The van der Waals surface area contributed by atoms with Gasteiger partial charge in [0.25, 0.3) is 0 Å². The van der Waals surface area contributed by atoms with Crippen molar-refractivity contribution in [3.05, 3.63) is 0 Å². The topological polar surface area (TPSA) is 24.1 Å². The fraction of sp³-hybridized carbons (Fsp3) is 1.00. The summed E-state index contributed by atoms with van der Waals surface area (Å²) in [5, 5.41) is 6.54. The molecule has 2 nitrogen and oxygen atoms in total. The molecule has 0 amide bonds. The Morgan fingerprint density at radius 1 is 1.00 bits per heavy atom. The van der Waals surface area contributed by atoms with Crippen molar-refractivity contribution in [2.45, 2.75) is 38.4 Å². The van der Waals surface area contributed by atoms with Crippen molar-refractivity contribution in [1.29, 1.82) is 0 Å². The number of likely N-dealkylation sites (N-methyl/N-ethyl adjacent to an activating group) is 1. The van der Waals surface area contributed by atoms with E-state index >= 15 is 0 Å². The van der Waals surface area contributed by atoms with Crippen molar-refractivity contribution in [1.82, 2.24) is 10.6 Å². The summed E-state index contributed by atoms with van der Waals surface area (Å²) < 4.78 is 0.430. The summed E-state index contributed by atoms with van der Waals surface area (Å²) in [5.41, 5.74) is 0. The van der Waals surface area contributed by atoms with Gasteiger partial charge in [-0.25, -0.2) is 0 Å². The number of hydrogen-bond donors (Lipinski definition) is 2. The summed E-state index contributed by atoms with van der Waals surface area (Å²) in [4.78, 5) is 0. The highest BCUT2D eigenvalue weighted by Gasteiger charge is 2.08. The number of nitrogens with one attached hydrogen (secondary N) is 2. The Balaban J connectivity index is 2.99. The van der Waals surface area contributed by atoms with Crippen LogP contribution in [0.2, 0.25) is 0 Å². The van der Waals surface area contributed by atoms with Crippen LogP contribution >= 0.6 is 11.8 Å². The second-order valence-corrected chi connectivity index (χ2v) is 6.44. The summed E-state index contributed by atoms with van der Waals surface area (Å²) in [6, 6.07) is 0. The minimum Gasteiger partial charge on any atom is -0.318 e. The van der Waals surface area contributed by atoms with Gasteiger partial charge >= 0.3 is 0 Å². The maximum atomic E-state index is 3.41. The van der Waals surface area contributed by atoms with Crippen LogP contribution in [0.3, 0.4) is 0 Å². The lowest BCUT2D eigenvalue weighted by Crippen LogP contribution is -2.25. The SMILES string of the molecule is CNCCNCCCCSC(C)(C)C. The van der Waals surface area contributed by atoms with Gasteiger partial charge in [-0.3, -0.25) is 0 Å². The van der Waals surface area contributed by atoms with Gasteiger partial charge in [-0.05, 0) is 32.2 Å². The van der Waals surface area contributed by atoms with Gasteiger partial charge in [0.2, 0.25) is 0 Å². The van der Waals surface area contributed by atoms with Crippen molar-refractivity contribution >= 4 is 11.8 Å². The molecule has 0 unspecified atom stereocenters. The van der Waals surface area contributed by atoms with Crippen LogP contribution in [-0.4, -0.2) is 37.2 Å². The molecule has 0 rings (SSSR count). The molecule has 0 bridgehead atoms. The van der Waals surface area contributed by atoms with Crippen LogP contribution in [0.25, 0.3) is 0 Å². The third kappa shape index (κ3) is 12.3. The molecule has 0 fully saturated rings. The predicted octanol–water partition coefficient (Wildman–Crippen LogP) is 2.11. The molecule has 14 heavy (non-hydrogen) atoms. The number of rotatable bonds is 8. The summed E-state index contributed by atoms with van der Waals surface area (Å²) in [6.45, 7) is 10.2. The zero-order valence-corrected chi connectivity index (χ0v) is 11.0. The largest absolute Gasteiger partial charge is 0.318 e. The number of thioether (sulfide) groups is 1. The fourth-order valence-electron chi connectivity index (χ4n) is 1.07. The second-order valence-electron chi connectivity index (χ2n) is 4.52. The monoisotopic (exact) mass is 218 g/mol. The van der Waals surface area contributed by atoms with Crippen LogP contribution < -0.4 is 10.6 Å². The summed E-state index contributed by atoms with van der Waals surface area (Å²) >= 11 is 2.06. The minimum atomic E-state index is 0.430. The highest BCUT2D eigenvalue weighted by molar-refractivity contribution is 8.00. The number of hydrogen-bond acceptors (Lipinski definition) is 3. The van der Waals surface area contributed by atoms with E-state index in [9.17, 15) is 0 Å². The molecule has 0 spiro atoms. The van der Waals surface area contributed by atoms with E-state index < -0.39 is 0 Å². The summed E-state index contributed by atoms with van der Waals surface area (Å²) in [5.74, 6) is 1.29. The Hall–Kier alpha value is 0.270. The van der Waals surface area contributed by atoms with Crippen LogP contribution in [-0.2, 0) is 0 Å². The molecule has 86 valence electrons. The highest BCUT2D eigenvalue weighted by Crippen LogP contribution is 2.23. The zero-order chi connectivity index (χ0) is 10.9. The molecular weight excluding hydrogens is 192 g/mol. The predicted molar refractivity (Wildman–Crippen MR) is 68.2 cm³/mol. The van der Waals surface area contributed by atoms with Crippen LogP contribution in [0, 0.1) is 0 Å². The van der Waals surface area contributed by atoms with Crippen molar-refractivity contribution in [3.63, 3.8) is 0 Å². The van der Waals surface area contributed by atoms with Gasteiger partial charge in [-0.1, -0.05) is 20.8 Å². The van der Waals surface area contributed by atoms with Gasteiger partial charge in [0.1, 0.15) is 0 Å². The van der Waals surface area contributed by atoms with Crippen LogP contribution in [0.4, 0.5) is 0 Å². The van der Waals surface area contributed by atoms with E-state index in [0.717, 1.165) is 19.6 Å². The first-order valence-corrected chi connectivity index (χ1v) is 6.54. The van der Waals surface area contributed by atoms with Crippen LogP contribution in [0.5, 0.6) is 0 Å². The lowest BCUT2D eigenvalue weighted by Gasteiger charge is -2.17. The van der Waals surface area contributed by atoms with E-state index in [2.05, 4.69) is 43.2 Å². The van der Waals surface area contributed by atoms with Crippen LogP contribution in [0.1, 0.15) is 33.6 Å². The zero-order valence-electron chi connectivity index (χ0n) is 10.2. The average Bonchev–Trinajstić information content (AvgIpc) is 2.08. The van der Waals surface area contributed by atoms with E-state index in [1.54, 1.807) is 0 Å². The molecule has 0 aromatic rings. The Morgan fingerprint density at radius 2 is 1.71 bits per heavy atom. The second kappa shape index (κ2) is 8.57. The Bertz CT molecular complexity index is 121. The third-order valence-electron chi connectivity index (χ3n) is 1.83. The molecule has 0 aromatic heterocycles. The molecule has 2 N–H and O–H groups in total. The van der Waals surface area contributed by atoms with Gasteiger partial charge in [-0.2, -0.15) is 11.8 Å². The quantitative estimate of drug-likeness (QED) is 0.610. The Kier molecular flexibility index (Phi) is 8.73. The highest BCUT2D eigenvalue weighted by atomic mass is 32.2. The first kappa shape index (κ1) is 14.3. The van der Waals surface area contributed by atoms with Gasteiger partial charge in [0.15, 0.2) is 0 Å². The molecule has 0 saturated carbocycles. The molecule has 0 aliphatic carbocycles. The standard InChI is InChI=1S/C11H26N2S/c1-11(2,3)14-10-6-5-7-13-9-8-12-4/h12-13H,5-10H2,1-4H3. The first-order valence-electron chi connectivity index (χ1n) is 5.55. The van der Waals surface area contributed by atoms with Crippen molar-refractivity contribution < 1.29 is 0 Å². The molecule has 3 heteroatoms. The number of unbranched alkanes of at least 4 members (excludes halogenated alkanes) is 1. The fourth-order valence-corrected chi connectivity index (χ4v) is 2.03. The third-order valence-corrected chi connectivity index (χ3v) is 3.19. The lowest BCUT2D eigenvalue weighted by atomic mass is 10.3. The van der Waals surface area contributed by atoms with Gasteiger partial charge in [0.05, 0.1) is 0 Å². The van der Waals surface area contributed by atoms with Gasteiger partial charge in [-0.15, -0.1) is 0 Å². The molecule has 0 radical (unpaired) electrons. The average molecular weight is 218 g/mol. The van der Waals surface area contributed by atoms with Crippen molar-refractivity contribution in [2.24, 2.45) is 0 Å². The molecular formula is C11H26N2S. The summed E-state index contributed by atoms with van der Waals surface area (Å²) in [7, 11) is 1.99. The molecule has 0 saturated heterocycles. The molecule has 0 heterocycles. The molecule has 0 aromatic carbocycles. The van der Waals surface area contributed by atoms with E-state index in [1.807, 2.05) is 7.05 Å². The minimum absolute atomic E-state index is 0.430. The van der Waals surface area contributed by atoms with Gasteiger partial charge in [0, 0.05) is 17.8 Å². The van der Waals surface area contributed by atoms with Crippen LogP contribution in [0.15, 0.2) is 0 Å². The first-order chi connectivity index (χ1) is 6.56. The van der Waals surface area contributed by atoms with E-state index in [4.69, 9.17) is 0 Å². The molecule has 0 atom stereocenters. The van der Waals surface area contributed by atoms with E-state index in [1.165, 1.54) is 18.6 Å². The van der Waals surface area contributed by atoms with Gasteiger partial charge < -0.3 is 10.6 Å². The maximum absolute atomic E-state index is 3.41. The smallest absolute Gasteiger partial charge is 0.00766 e. The normalized spacial score (nSPS) is 12.0. The van der Waals surface area contributed by atoms with Crippen molar-refractivity contribution in [3.8, 4) is 0 Å². The summed E-state index contributed by atoms with van der Waals surface area (Å²) in [6.07, 6.45) is 2.63. The van der Waals surface area contributed by atoms with E-state index in [-0.39, 0.29) is 0 Å². The Morgan fingerprint density at radius 3 is 2.29 bits per heavy atom. The molecule has 0 aliphatic rings.